The number of para-hydroxylation sites is 1. The smallest absolute Gasteiger partial charge is 0.367 e. The Labute approximate surface area is 196 Å². The van der Waals surface area contributed by atoms with Crippen LogP contribution in [0.3, 0.4) is 0 Å². The number of benzene rings is 1. The Kier molecular flexibility index (Phi) is 6.84. The number of nitrogens with zero attached hydrogens (tertiary/aromatic N) is 4. The van der Waals surface area contributed by atoms with E-state index in [1.54, 1.807) is 60.8 Å². The van der Waals surface area contributed by atoms with Crippen molar-refractivity contribution < 1.29 is 27.9 Å². The van der Waals surface area contributed by atoms with Gasteiger partial charge in [-0.05, 0) is 24.3 Å². The molecule has 3 heterocycles. The predicted molar refractivity (Wildman–Crippen MR) is 121 cm³/mol. The maximum absolute atomic E-state index is 12.4. The minimum Gasteiger partial charge on any atom is -0.458 e. The highest BCUT2D eigenvalue weighted by Gasteiger charge is 2.53. The first-order valence-corrected chi connectivity index (χ1v) is 11.8. The van der Waals surface area contributed by atoms with Crippen LogP contribution in [0, 0.1) is 17.2 Å². The van der Waals surface area contributed by atoms with Gasteiger partial charge in [0.2, 0.25) is 5.60 Å². The maximum Gasteiger partial charge on any atom is 0.367 e. The average molecular weight is 485 g/mol. The summed E-state index contributed by atoms with van der Waals surface area (Å²) in [6.07, 6.45) is -0.188. The molecule has 3 aromatic rings. The van der Waals surface area contributed by atoms with Crippen LogP contribution < -0.4 is 10.3 Å². The van der Waals surface area contributed by atoms with Crippen LogP contribution in [0.25, 0.3) is 5.52 Å². The number of rotatable bonds is 8. The Morgan fingerprint density at radius 2 is 2.12 bits per heavy atom. The van der Waals surface area contributed by atoms with Crippen molar-refractivity contribution in [2.45, 2.75) is 38.1 Å². The van der Waals surface area contributed by atoms with E-state index >= 15 is 0 Å². The summed E-state index contributed by atoms with van der Waals surface area (Å²) in [4.78, 5) is 16.3. The van der Waals surface area contributed by atoms with Gasteiger partial charge in [0.15, 0.2) is 5.82 Å². The van der Waals surface area contributed by atoms with Crippen LogP contribution in [-0.4, -0.2) is 38.9 Å². The van der Waals surface area contributed by atoms with Gasteiger partial charge in [0.05, 0.1) is 11.6 Å². The summed E-state index contributed by atoms with van der Waals surface area (Å²) in [6.45, 7) is 2.95. The van der Waals surface area contributed by atoms with Crippen LogP contribution in [0.1, 0.15) is 32.1 Å². The number of nitrogens with two attached hydrogens (primary N) is 1. The van der Waals surface area contributed by atoms with E-state index in [-0.39, 0.29) is 12.2 Å². The topological polar surface area (TPSA) is 151 Å². The lowest BCUT2D eigenvalue weighted by Gasteiger charge is -2.27. The van der Waals surface area contributed by atoms with Crippen molar-refractivity contribution in [1.29, 1.82) is 5.26 Å². The number of hydrogen-bond acceptors (Lipinski definition) is 10. The minimum atomic E-state index is -3.02. The molecule has 0 spiro atoms. The molecule has 1 aromatic carbocycles. The monoisotopic (exact) mass is 485 g/mol. The van der Waals surface area contributed by atoms with E-state index in [2.05, 4.69) is 16.2 Å². The van der Waals surface area contributed by atoms with Crippen molar-refractivity contribution in [2.24, 2.45) is 5.92 Å². The average Bonchev–Trinajstić information content (AvgIpc) is 3.41. The number of nitrogen functional groups attached to an aromatic ring is 1. The van der Waals surface area contributed by atoms with Crippen molar-refractivity contribution in [1.82, 2.24) is 14.6 Å². The van der Waals surface area contributed by atoms with Crippen LogP contribution in [0.15, 0.2) is 48.8 Å². The molecule has 1 aliphatic rings. The highest BCUT2D eigenvalue weighted by atomic mass is 31.1. The molecular formula is C22H24N5O6P. The summed E-state index contributed by atoms with van der Waals surface area (Å²) in [5, 5.41) is 14.3. The Hall–Kier alpha value is -3.45. The summed E-state index contributed by atoms with van der Waals surface area (Å²) in [5.74, 6) is -0.261. The zero-order valence-electron chi connectivity index (χ0n) is 18.6. The SMILES string of the molecule is CC(C)C(=O)O[C@H]1C[C@H](c2ccc3c(N)ncnn23)O[C@]1(C#N)CO[PH](=O)Oc1ccccc1. The molecule has 0 bridgehead atoms. The van der Waals surface area contributed by atoms with Crippen molar-refractivity contribution in [2.75, 3.05) is 12.3 Å². The fourth-order valence-corrected chi connectivity index (χ4v) is 4.34. The zero-order chi connectivity index (χ0) is 24.3. The second-order valence-corrected chi connectivity index (χ2v) is 9.07. The Bertz CT molecular complexity index is 1240. The lowest BCUT2D eigenvalue weighted by Crippen LogP contribution is -2.45. The third-order valence-electron chi connectivity index (χ3n) is 5.41. The van der Waals surface area contributed by atoms with Crippen LogP contribution in [0.2, 0.25) is 0 Å². The van der Waals surface area contributed by atoms with Gasteiger partial charge < -0.3 is 19.7 Å². The highest BCUT2D eigenvalue weighted by molar-refractivity contribution is 7.33. The molecule has 4 atom stereocenters. The summed E-state index contributed by atoms with van der Waals surface area (Å²) in [5.41, 5.74) is 5.38. The maximum atomic E-state index is 12.4. The molecule has 12 heteroatoms. The van der Waals surface area contributed by atoms with Gasteiger partial charge in [-0.25, -0.2) is 14.1 Å². The fourth-order valence-electron chi connectivity index (χ4n) is 3.62. The van der Waals surface area contributed by atoms with Gasteiger partial charge in [-0.1, -0.05) is 32.0 Å². The minimum absolute atomic E-state index is 0.159. The standard InChI is InChI=1S/C22H24N5O6P/c1-14(2)21(28)31-19-10-18(16-8-9-17-20(24)25-13-26-27(16)17)32-22(19,11-23)12-30-34(29)33-15-6-4-3-5-7-15/h3-9,13-14,18-19,34H,10,12H2,1-2H3,(H2,24,25,26)/t18-,19+,22-/m1/s1. The molecule has 1 saturated heterocycles. The molecule has 0 saturated carbocycles. The molecule has 0 aliphatic carbocycles. The van der Waals surface area contributed by atoms with Crippen molar-refractivity contribution in [3.63, 3.8) is 0 Å². The Morgan fingerprint density at radius 1 is 1.35 bits per heavy atom. The Balaban J connectivity index is 1.58. The van der Waals surface area contributed by atoms with Crippen LogP contribution >= 0.6 is 8.25 Å². The molecule has 11 nitrogen and oxygen atoms in total. The van der Waals surface area contributed by atoms with Crippen molar-refractivity contribution >= 4 is 25.6 Å². The zero-order valence-corrected chi connectivity index (χ0v) is 19.6. The molecule has 1 unspecified atom stereocenters. The number of fused-ring (bicyclic) bond motifs is 1. The molecule has 0 amide bonds. The van der Waals surface area contributed by atoms with Gasteiger partial charge in [0.25, 0.3) is 0 Å². The summed E-state index contributed by atoms with van der Waals surface area (Å²) in [7, 11) is -3.02. The molecule has 2 N–H and O–H groups in total. The van der Waals surface area contributed by atoms with Crippen molar-refractivity contribution in [3.05, 3.63) is 54.5 Å². The van der Waals surface area contributed by atoms with E-state index in [1.807, 2.05) is 0 Å². The summed E-state index contributed by atoms with van der Waals surface area (Å²) in [6, 6.07) is 14.1. The first-order valence-electron chi connectivity index (χ1n) is 10.6. The van der Waals surface area contributed by atoms with Gasteiger partial charge in [-0.2, -0.15) is 10.4 Å². The van der Waals surface area contributed by atoms with Crippen LogP contribution in [0.5, 0.6) is 5.75 Å². The molecule has 1 aliphatic heterocycles. The number of carbonyl (C=O) groups is 1. The predicted octanol–water partition coefficient (Wildman–Crippen LogP) is 3.09. The summed E-state index contributed by atoms with van der Waals surface area (Å²) < 4.78 is 36.4. The number of carbonyl (C=O) groups excluding carboxylic acids is 1. The number of anilines is 1. The van der Waals surface area contributed by atoms with E-state index in [1.165, 1.54) is 6.33 Å². The third kappa shape index (κ3) is 4.75. The van der Waals surface area contributed by atoms with Gasteiger partial charge in [-0.3, -0.25) is 9.32 Å². The van der Waals surface area contributed by atoms with E-state index in [4.69, 9.17) is 24.3 Å². The molecule has 178 valence electrons. The number of nitriles is 1. The van der Waals surface area contributed by atoms with E-state index < -0.39 is 44.6 Å². The fraction of sp³-hybridized carbons (Fsp3) is 0.364. The third-order valence-corrected chi connectivity index (χ3v) is 6.19. The lowest BCUT2D eigenvalue weighted by molar-refractivity contribution is -0.161. The molecule has 0 radical (unpaired) electrons. The van der Waals surface area contributed by atoms with E-state index in [9.17, 15) is 14.6 Å². The number of esters is 1. The normalized spacial score (nSPS) is 23.0. The number of ether oxygens (including phenoxy) is 2. The van der Waals surface area contributed by atoms with Gasteiger partial charge in [0, 0.05) is 6.42 Å². The number of aromatic nitrogens is 3. The number of hydrogen-bond donors (Lipinski definition) is 1. The van der Waals surface area contributed by atoms with Gasteiger partial charge in [-0.15, -0.1) is 0 Å². The van der Waals surface area contributed by atoms with E-state index in [0.29, 0.717) is 17.0 Å². The second-order valence-electron chi connectivity index (χ2n) is 8.08. The van der Waals surface area contributed by atoms with Crippen molar-refractivity contribution in [3.8, 4) is 11.8 Å². The lowest BCUT2D eigenvalue weighted by atomic mass is 9.98. The first-order chi connectivity index (χ1) is 16.3. The molecule has 2 aromatic heterocycles. The molecule has 1 fully saturated rings. The quantitative estimate of drug-likeness (QED) is 0.372. The summed E-state index contributed by atoms with van der Waals surface area (Å²) >= 11 is 0. The molecule has 34 heavy (non-hydrogen) atoms. The highest BCUT2D eigenvalue weighted by Crippen LogP contribution is 2.43. The molecule has 4 rings (SSSR count). The molecular weight excluding hydrogens is 461 g/mol. The van der Waals surface area contributed by atoms with Crippen LogP contribution in [0.4, 0.5) is 5.82 Å². The van der Waals surface area contributed by atoms with E-state index in [0.717, 1.165) is 0 Å². The van der Waals surface area contributed by atoms with Gasteiger partial charge >= 0.3 is 14.2 Å². The van der Waals surface area contributed by atoms with Gasteiger partial charge in [0.1, 0.15) is 42.5 Å². The Morgan fingerprint density at radius 3 is 2.82 bits per heavy atom. The first kappa shape index (κ1) is 23.7. The second kappa shape index (κ2) is 9.81. The largest absolute Gasteiger partial charge is 0.458 e. The van der Waals surface area contributed by atoms with Crippen LogP contribution in [-0.2, 0) is 23.4 Å².